The Morgan fingerprint density at radius 2 is 2.05 bits per heavy atom. The number of nitrogens with zero attached hydrogens (tertiary/aromatic N) is 1. The maximum Gasteiger partial charge on any atom is 0.181 e. The van der Waals surface area contributed by atoms with Crippen LogP contribution in [0.15, 0.2) is 29.0 Å². The fourth-order valence-corrected chi connectivity index (χ4v) is 1.99. The van der Waals surface area contributed by atoms with Gasteiger partial charge >= 0.3 is 0 Å². The van der Waals surface area contributed by atoms with Crippen molar-refractivity contribution >= 4 is 11.6 Å². The minimum atomic E-state index is 0.0413. The van der Waals surface area contributed by atoms with E-state index in [9.17, 15) is 0 Å². The molecule has 0 aliphatic heterocycles. The van der Waals surface area contributed by atoms with Gasteiger partial charge in [0.05, 0.1) is 0 Å². The van der Waals surface area contributed by atoms with Gasteiger partial charge in [0.1, 0.15) is 5.69 Å². The molecule has 19 heavy (non-hydrogen) atoms. The molecular weight excluding hydrogens is 260 g/mol. The van der Waals surface area contributed by atoms with Gasteiger partial charge in [-0.3, -0.25) is 0 Å². The second kappa shape index (κ2) is 5.35. The van der Waals surface area contributed by atoms with Crippen molar-refractivity contribution in [2.75, 3.05) is 0 Å². The van der Waals surface area contributed by atoms with Crippen LogP contribution < -0.4 is 5.32 Å². The van der Waals surface area contributed by atoms with E-state index in [1.54, 1.807) is 0 Å². The molecular formula is C15H19ClN2O. The van der Waals surface area contributed by atoms with Crippen LogP contribution in [0, 0.1) is 6.92 Å². The Labute approximate surface area is 119 Å². The van der Waals surface area contributed by atoms with Gasteiger partial charge in [-0.2, -0.15) is 0 Å². The number of halogens is 1. The van der Waals surface area contributed by atoms with E-state index in [4.69, 9.17) is 16.0 Å². The van der Waals surface area contributed by atoms with Gasteiger partial charge in [0.15, 0.2) is 12.2 Å². The van der Waals surface area contributed by atoms with Crippen LogP contribution in [-0.2, 0) is 6.54 Å². The van der Waals surface area contributed by atoms with Crippen LogP contribution in [0.5, 0.6) is 0 Å². The number of hydrogen-bond donors (Lipinski definition) is 1. The van der Waals surface area contributed by atoms with Crippen molar-refractivity contribution in [1.29, 1.82) is 0 Å². The Morgan fingerprint density at radius 1 is 1.32 bits per heavy atom. The lowest BCUT2D eigenvalue weighted by molar-refractivity contribution is 0.421. The largest absolute Gasteiger partial charge is 0.443 e. The maximum absolute atomic E-state index is 6.16. The predicted octanol–water partition coefficient (Wildman–Crippen LogP) is 4.19. The van der Waals surface area contributed by atoms with Gasteiger partial charge in [0.2, 0.25) is 0 Å². The van der Waals surface area contributed by atoms with Gasteiger partial charge in [-0.05, 0) is 39.3 Å². The zero-order valence-corrected chi connectivity index (χ0v) is 12.5. The third-order valence-corrected chi connectivity index (χ3v) is 3.35. The lowest BCUT2D eigenvalue weighted by Crippen LogP contribution is -2.35. The minimum Gasteiger partial charge on any atom is -0.443 e. The SMILES string of the molecule is Cc1c(Cl)cccc1-c1ocnc1CNC(C)(C)C. The molecule has 0 aliphatic rings. The molecule has 0 aliphatic carbocycles. The summed E-state index contributed by atoms with van der Waals surface area (Å²) in [7, 11) is 0. The summed E-state index contributed by atoms with van der Waals surface area (Å²) in [6, 6.07) is 5.81. The van der Waals surface area contributed by atoms with Crippen LogP contribution in [0.3, 0.4) is 0 Å². The molecule has 1 aromatic carbocycles. The first-order valence-electron chi connectivity index (χ1n) is 6.31. The van der Waals surface area contributed by atoms with Gasteiger partial charge < -0.3 is 9.73 Å². The molecule has 0 radical (unpaired) electrons. The van der Waals surface area contributed by atoms with Crippen LogP contribution in [0.4, 0.5) is 0 Å². The highest BCUT2D eigenvalue weighted by Crippen LogP contribution is 2.30. The molecule has 0 saturated heterocycles. The molecule has 0 unspecified atom stereocenters. The number of hydrogen-bond acceptors (Lipinski definition) is 3. The molecule has 1 aromatic heterocycles. The molecule has 102 valence electrons. The Balaban J connectivity index is 2.31. The summed E-state index contributed by atoms with van der Waals surface area (Å²) in [5, 5.41) is 4.15. The summed E-state index contributed by atoms with van der Waals surface area (Å²) in [6.07, 6.45) is 1.48. The number of benzene rings is 1. The molecule has 0 spiro atoms. The summed E-state index contributed by atoms with van der Waals surface area (Å²) in [6.45, 7) is 9.02. The van der Waals surface area contributed by atoms with Gasteiger partial charge in [-0.1, -0.05) is 23.7 Å². The zero-order valence-electron chi connectivity index (χ0n) is 11.7. The first-order chi connectivity index (χ1) is 8.88. The second-order valence-corrected chi connectivity index (χ2v) is 6.05. The smallest absolute Gasteiger partial charge is 0.181 e. The summed E-state index contributed by atoms with van der Waals surface area (Å²) in [5.41, 5.74) is 2.95. The highest BCUT2D eigenvalue weighted by Gasteiger charge is 2.16. The van der Waals surface area contributed by atoms with Crippen molar-refractivity contribution in [3.63, 3.8) is 0 Å². The van der Waals surface area contributed by atoms with Crippen LogP contribution in [-0.4, -0.2) is 10.5 Å². The molecule has 0 atom stereocenters. The van der Waals surface area contributed by atoms with E-state index in [2.05, 4.69) is 31.1 Å². The normalized spacial score (nSPS) is 11.8. The summed E-state index contributed by atoms with van der Waals surface area (Å²) < 4.78 is 5.54. The molecule has 0 amide bonds. The third-order valence-electron chi connectivity index (χ3n) is 2.94. The molecule has 2 rings (SSSR count). The monoisotopic (exact) mass is 278 g/mol. The summed E-state index contributed by atoms with van der Waals surface area (Å²) in [5.74, 6) is 0.789. The van der Waals surface area contributed by atoms with E-state index < -0.39 is 0 Å². The zero-order chi connectivity index (χ0) is 14.0. The lowest BCUT2D eigenvalue weighted by atomic mass is 10.0. The summed E-state index contributed by atoms with van der Waals surface area (Å²) >= 11 is 6.16. The second-order valence-electron chi connectivity index (χ2n) is 5.64. The highest BCUT2D eigenvalue weighted by molar-refractivity contribution is 6.31. The first-order valence-corrected chi connectivity index (χ1v) is 6.69. The number of rotatable bonds is 3. The van der Waals surface area contributed by atoms with Crippen molar-refractivity contribution < 1.29 is 4.42 Å². The topological polar surface area (TPSA) is 38.1 Å². The Kier molecular flexibility index (Phi) is 3.97. The van der Waals surface area contributed by atoms with Crippen molar-refractivity contribution in [2.24, 2.45) is 0 Å². The summed E-state index contributed by atoms with van der Waals surface area (Å²) in [4.78, 5) is 4.29. The van der Waals surface area contributed by atoms with Gasteiger partial charge in [-0.25, -0.2) is 4.98 Å². The Bertz CT molecular complexity index is 570. The predicted molar refractivity (Wildman–Crippen MR) is 78.3 cm³/mol. The molecule has 3 nitrogen and oxygen atoms in total. The highest BCUT2D eigenvalue weighted by atomic mass is 35.5. The van der Waals surface area contributed by atoms with Crippen LogP contribution >= 0.6 is 11.6 Å². The van der Waals surface area contributed by atoms with Gasteiger partial charge in [-0.15, -0.1) is 0 Å². The van der Waals surface area contributed by atoms with Crippen molar-refractivity contribution in [3.05, 3.63) is 40.9 Å². The van der Waals surface area contributed by atoms with E-state index in [-0.39, 0.29) is 5.54 Å². The van der Waals surface area contributed by atoms with Crippen molar-refractivity contribution in [1.82, 2.24) is 10.3 Å². The van der Waals surface area contributed by atoms with E-state index in [1.165, 1.54) is 6.39 Å². The molecule has 0 bridgehead atoms. The fraction of sp³-hybridized carbons (Fsp3) is 0.400. The molecule has 0 saturated carbocycles. The molecule has 2 aromatic rings. The maximum atomic E-state index is 6.16. The molecule has 0 fully saturated rings. The van der Waals surface area contributed by atoms with E-state index in [1.807, 2.05) is 25.1 Å². The quantitative estimate of drug-likeness (QED) is 0.915. The van der Waals surface area contributed by atoms with Crippen LogP contribution in [0.25, 0.3) is 11.3 Å². The third kappa shape index (κ3) is 3.37. The van der Waals surface area contributed by atoms with Crippen molar-refractivity contribution in [3.8, 4) is 11.3 Å². The van der Waals surface area contributed by atoms with E-state index in [0.717, 1.165) is 27.6 Å². The van der Waals surface area contributed by atoms with E-state index in [0.29, 0.717) is 6.54 Å². The average molecular weight is 279 g/mol. The number of oxazole rings is 1. The van der Waals surface area contributed by atoms with E-state index >= 15 is 0 Å². The van der Waals surface area contributed by atoms with Crippen LogP contribution in [0.2, 0.25) is 5.02 Å². The Hall–Kier alpha value is -1.32. The Morgan fingerprint density at radius 3 is 2.74 bits per heavy atom. The fourth-order valence-electron chi connectivity index (χ4n) is 1.82. The molecule has 1 heterocycles. The molecule has 1 N–H and O–H groups in total. The lowest BCUT2D eigenvalue weighted by Gasteiger charge is -2.20. The number of nitrogens with one attached hydrogen (secondary N) is 1. The van der Waals surface area contributed by atoms with Crippen LogP contribution in [0.1, 0.15) is 32.0 Å². The first kappa shape index (κ1) is 14.1. The van der Waals surface area contributed by atoms with Gasteiger partial charge in [0.25, 0.3) is 0 Å². The standard InChI is InChI=1S/C15H19ClN2O/c1-10-11(6-5-7-12(10)16)14-13(17-9-19-14)8-18-15(2,3)4/h5-7,9,18H,8H2,1-4H3. The minimum absolute atomic E-state index is 0.0413. The average Bonchev–Trinajstić information content (AvgIpc) is 2.77. The van der Waals surface area contributed by atoms with Gasteiger partial charge in [0, 0.05) is 22.7 Å². The molecule has 4 heteroatoms. The number of aromatic nitrogens is 1. The van der Waals surface area contributed by atoms with Crippen molar-refractivity contribution in [2.45, 2.75) is 39.8 Å².